The number of rotatable bonds is 8. The largest absolute Gasteiger partial charge is 0.416 e. The number of ether oxygens (including phenoxy) is 1. The zero-order valence-corrected chi connectivity index (χ0v) is 20.5. The van der Waals surface area contributed by atoms with Gasteiger partial charge in [-0.15, -0.1) is 0 Å². The Balaban J connectivity index is 1.37. The van der Waals surface area contributed by atoms with Gasteiger partial charge in [0.15, 0.2) is 5.78 Å². The molecule has 1 fully saturated rings. The molecule has 1 amide bonds. The molecule has 2 aromatic carbocycles. The molecule has 9 heteroatoms. The highest BCUT2D eigenvalue weighted by atomic mass is 19.4. The van der Waals surface area contributed by atoms with Crippen LogP contribution in [0, 0.1) is 12.8 Å². The molecule has 3 aromatic rings. The number of hydrogen-bond acceptors (Lipinski definition) is 4. The lowest BCUT2D eigenvalue weighted by Gasteiger charge is -2.32. The number of fused-ring (bicyclic) bond motifs is 1. The smallest absolute Gasteiger partial charge is 0.385 e. The van der Waals surface area contributed by atoms with E-state index in [0.717, 1.165) is 41.4 Å². The average Bonchev–Trinajstić information content (AvgIpc) is 3.27. The van der Waals surface area contributed by atoms with E-state index < -0.39 is 11.7 Å². The first-order valence-electron chi connectivity index (χ1n) is 12.1. The first-order valence-corrected chi connectivity index (χ1v) is 12.1. The fraction of sp³-hybridized carbons (Fsp3) is 0.444. The highest BCUT2D eigenvalue weighted by molar-refractivity contribution is 6.01. The Bertz CT molecular complexity index is 1240. The standard InChI is InChI=1S/C27H30F3N3O3/c1-18-22(25(34)7-4-14-36-2)8-9-24-23(18)17-33(31-24)16-19-10-12-32(13-11-19)26(35)20-5-3-6-21(15-20)27(28,29)30/h3,5-6,8-9,15,17,19H,4,7,10-14,16H2,1-2H3. The number of ketones is 1. The number of alkyl halides is 3. The Morgan fingerprint density at radius 3 is 2.58 bits per heavy atom. The van der Waals surface area contributed by atoms with Crippen LogP contribution >= 0.6 is 0 Å². The number of benzene rings is 2. The maximum Gasteiger partial charge on any atom is 0.416 e. The third-order valence-corrected chi connectivity index (χ3v) is 6.84. The number of hydrogen-bond donors (Lipinski definition) is 0. The van der Waals surface area contributed by atoms with Gasteiger partial charge in [0.2, 0.25) is 0 Å². The highest BCUT2D eigenvalue weighted by Crippen LogP contribution is 2.30. The Morgan fingerprint density at radius 1 is 1.14 bits per heavy atom. The third-order valence-electron chi connectivity index (χ3n) is 6.84. The molecule has 4 rings (SSSR count). The first-order chi connectivity index (χ1) is 17.2. The first kappa shape index (κ1) is 25.9. The molecule has 1 aliphatic rings. The van der Waals surface area contributed by atoms with Crippen LogP contribution in [0.5, 0.6) is 0 Å². The highest BCUT2D eigenvalue weighted by Gasteiger charge is 2.32. The quantitative estimate of drug-likeness (QED) is 0.301. The van der Waals surface area contributed by atoms with E-state index in [0.29, 0.717) is 50.6 Å². The Kier molecular flexibility index (Phi) is 7.78. The topological polar surface area (TPSA) is 64.4 Å². The minimum Gasteiger partial charge on any atom is -0.385 e. The molecule has 1 aliphatic heterocycles. The van der Waals surface area contributed by atoms with Gasteiger partial charge in [-0.1, -0.05) is 6.07 Å². The molecule has 2 heterocycles. The molecule has 1 aromatic heterocycles. The van der Waals surface area contributed by atoms with Crippen LogP contribution in [0.3, 0.4) is 0 Å². The fourth-order valence-electron chi connectivity index (χ4n) is 4.78. The second-order valence-corrected chi connectivity index (χ2v) is 9.36. The van der Waals surface area contributed by atoms with Crippen molar-refractivity contribution in [2.24, 2.45) is 5.92 Å². The van der Waals surface area contributed by atoms with Crippen LogP contribution < -0.4 is 0 Å². The molecule has 6 nitrogen and oxygen atoms in total. The SMILES string of the molecule is COCCCC(=O)c1ccc2nn(CC3CCN(C(=O)c4cccc(C(F)(F)F)c4)CC3)cc2c1C. The summed E-state index contributed by atoms with van der Waals surface area (Å²) in [5, 5.41) is 5.63. The van der Waals surface area contributed by atoms with Crippen LogP contribution in [-0.2, 0) is 17.5 Å². The van der Waals surface area contributed by atoms with Crippen LogP contribution in [0.1, 0.15) is 57.5 Å². The van der Waals surface area contributed by atoms with E-state index in [1.54, 1.807) is 12.0 Å². The maximum atomic E-state index is 13.0. The molecule has 0 aliphatic carbocycles. The number of halogens is 3. The van der Waals surface area contributed by atoms with E-state index in [4.69, 9.17) is 4.74 Å². The van der Waals surface area contributed by atoms with E-state index in [1.807, 2.05) is 29.9 Å². The molecule has 0 N–H and O–H groups in total. The number of aromatic nitrogens is 2. The van der Waals surface area contributed by atoms with E-state index in [2.05, 4.69) is 5.10 Å². The van der Waals surface area contributed by atoms with Crippen molar-refractivity contribution < 1.29 is 27.5 Å². The third kappa shape index (κ3) is 5.78. The number of Topliss-reactive ketones (excluding diaryl/α,β-unsaturated/α-hetero) is 1. The van der Waals surface area contributed by atoms with Crippen molar-refractivity contribution in [1.82, 2.24) is 14.7 Å². The molecular weight excluding hydrogens is 471 g/mol. The lowest BCUT2D eigenvalue weighted by atomic mass is 9.96. The van der Waals surface area contributed by atoms with Crippen LogP contribution in [0.15, 0.2) is 42.6 Å². The molecule has 1 saturated heterocycles. The Morgan fingerprint density at radius 2 is 1.89 bits per heavy atom. The van der Waals surface area contributed by atoms with E-state index in [-0.39, 0.29) is 17.3 Å². The molecule has 0 radical (unpaired) electrons. The molecule has 0 spiro atoms. The summed E-state index contributed by atoms with van der Waals surface area (Å²) in [5.74, 6) is 0.0139. The summed E-state index contributed by atoms with van der Waals surface area (Å²) in [5.41, 5.74) is 1.70. The fourth-order valence-corrected chi connectivity index (χ4v) is 4.78. The normalized spacial score (nSPS) is 15.0. The lowest BCUT2D eigenvalue weighted by molar-refractivity contribution is -0.137. The van der Waals surface area contributed by atoms with Gasteiger partial charge in [-0.2, -0.15) is 18.3 Å². The number of carbonyl (C=O) groups is 2. The van der Waals surface area contributed by atoms with Crippen molar-refractivity contribution in [2.45, 2.75) is 45.3 Å². The summed E-state index contributed by atoms with van der Waals surface area (Å²) in [4.78, 5) is 27.0. The second-order valence-electron chi connectivity index (χ2n) is 9.36. The van der Waals surface area contributed by atoms with Crippen LogP contribution in [0.25, 0.3) is 10.9 Å². The number of nitrogens with zero attached hydrogens (tertiary/aromatic N) is 3. The zero-order valence-electron chi connectivity index (χ0n) is 20.5. The Labute approximate surface area is 208 Å². The van der Waals surface area contributed by atoms with E-state index in [9.17, 15) is 22.8 Å². The molecule has 36 heavy (non-hydrogen) atoms. The Hall–Kier alpha value is -3.20. The van der Waals surface area contributed by atoms with Crippen molar-refractivity contribution in [3.05, 3.63) is 64.8 Å². The summed E-state index contributed by atoms with van der Waals surface area (Å²) >= 11 is 0. The van der Waals surface area contributed by atoms with Crippen molar-refractivity contribution >= 4 is 22.6 Å². The van der Waals surface area contributed by atoms with Gasteiger partial charge in [-0.3, -0.25) is 14.3 Å². The number of piperidine rings is 1. The van der Waals surface area contributed by atoms with Crippen molar-refractivity contribution in [3.63, 3.8) is 0 Å². The van der Waals surface area contributed by atoms with Gasteiger partial charge < -0.3 is 9.64 Å². The second kappa shape index (κ2) is 10.8. The van der Waals surface area contributed by atoms with Gasteiger partial charge in [-0.05, 0) is 68.0 Å². The molecular formula is C27H30F3N3O3. The van der Waals surface area contributed by atoms with Crippen molar-refractivity contribution in [3.8, 4) is 0 Å². The summed E-state index contributed by atoms with van der Waals surface area (Å²) in [6.07, 6.45) is 0.0865. The van der Waals surface area contributed by atoms with Gasteiger partial charge in [0, 0.05) is 62.5 Å². The van der Waals surface area contributed by atoms with Gasteiger partial charge in [0.25, 0.3) is 5.91 Å². The van der Waals surface area contributed by atoms with E-state index in [1.165, 1.54) is 12.1 Å². The van der Waals surface area contributed by atoms with Gasteiger partial charge >= 0.3 is 6.18 Å². The number of amides is 1. The number of methoxy groups -OCH3 is 1. The van der Waals surface area contributed by atoms with Crippen LogP contribution in [-0.4, -0.2) is 53.2 Å². The molecule has 192 valence electrons. The summed E-state index contributed by atoms with van der Waals surface area (Å²) in [7, 11) is 1.62. The zero-order chi connectivity index (χ0) is 25.9. The van der Waals surface area contributed by atoms with Crippen LogP contribution in [0.4, 0.5) is 13.2 Å². The predicted molar refractivity (Wildman–Crippen MR) is 130 cm³/mol. The lowest BCUT2D eigenvalue weighted by Crippen LogP contribution is -2.39. The molecule has 0 atom stereocenters. The van der Waals surface area contributed by atoms with Crippen LogP contribution in [0.2, 0.25) is 0 Å². The molecule has 0 saturated carbocycles. The summed E-state index contributed by atoms with van der Waals surface area (Å²) in [6.45, 7) is 4.14. The predicted octanol–water partition coefficient (Wildman–Crippen LogP) is 5.53. The summed E-state index contributed by atoms with van der Waals surface area (Å²) in [6, 6.07) is 8.30. The summed E-state index contributed by atoms with van der Waals surface area (Å²) < 4.78 is 45.9. The van der Waals surface area contributed by atoms with Crippen molar-refractivity contribution in [2.75, 3.05) is 26.8 Å². The molecule has 0 bridgehead atoms. The van der Waals surface area contributed by atoms with Gasteiger partial charge in [0.1, 0.15) is 0 Å². The number of aryl methyl sites for hydroxylation is 1. The van der Waals surface area contributed by atoms with E-state index >= 15 is 0 Å². The minimum absolute atomic E-state index is 0.0599. The molecule has 0 unspecified atom stereocenters. The number of carbonyl (C=O) groups excluding carboxylic acids is 2. The minimum atomic E-state index is -4.48. The van der Waals surface area contributed by atoms with Crippen molar-refractivity contribution in [1.29, 1.82) is 0 Å². The monoisotopic (exact) mass is 501 g/mol. The number of likely N-dealkylation sites (tertiary alicyclic amines) is 1. The van der Waals surface area contributed by atoms with Gasteiger partial charge in [0.05, 0.1) is 11.1 Å². The van der Waals surface area contributed by atoms with Gasteiger partial charge in [-0.25, -0.2) is 0 Å². The maximum absolute atomic E-state index is 13.0. The average molecular weight is 502 g/mol.